The van der Waals surface area contributed by atoms with Crippen LogP contribution in [0.4, 0.5) is 0 Å². The number of hydrogen-bond acceptors (Lipinski definition) is 3. The van der Waals surface area contributed by atoms with Crippen molar-refractivity contribution in [3.63, 3.8) is 0 Å². The molecule has 0 aliphatic carbocycles. The number of carbonyl (C=O) groups is 2. The molecule has 0 aliphatic heterocycles. The molecule has 0 spiro atoms. The van der Waals surface area contributed by atoms with Gasteiger partial charge in [0.2, 0.25) is 0 Å². The zero-order chi connectivity index (χ0) is 17.7. The monoisotopic (exact) mass is 327 g/mol. The van der Waals surface area contributed by atoms with Crippen LogP contribution in [0, 0.1) is 0 Å². The molecule has 2 aromatic rings. The molecule has 0 fully saturated rings. The van der Waals surface area contributed by atoms with E-state index in [-0.39, 0.29) is 12.3 Å². The lowest BCUT2D eigenvalue weighted by molar-refractivity contribution is -0.136. The van der Waals surface area contributed by atoms with E-state index in [0.29, 0.717) is 16.7 Å². The first-order valence-corrected chi connectivity index (χ1v) is 7.70. The fraction of sp³-hybridized carbons (Fsp3) is 0.263. The summed E-state index contributed by atoms with van der Waals surface area (Å²) in [7, 11) is 0. The Bertz CT molecular complexity index is 725. The quantitative estimate of drug-likeness (QED) is 0.760. The Balaban J connectivity index is 2.13. The van der Waals surface area contributed by atoms with Gasteiger partial charge in [-0.15, -0.1) is 0 Å². The highest BCUT2D eigenvalue weighted by Gasteiger charge is 2.31. The second-order valence-electron chi connectivity index (χ2n) is 5.98. The predicted molar refractivity (Wildman–Crippen MR) is 90.7 cm³/mol. The first-order chi connectivity index (χ1) is 11.3. The molecule has 2 aromatic carbocycles. The minimum atomic E-state index is -1.23. The summed E-state index contributed by atoms with van der Waals surface area (Å²) in [6.45, 7) is 3.38. The van der Waals surface area contributed by atoms with Crippen molar-refractivity contribution >= 4 is 11.9 Å². The lowest BCUT2D eigenvalue weighted by Crippen LogP contribution is -2.47. The van der Waals surface area contributed by atoms with Crippen LogP contribution < -0.4 is 5.32 Å². The van der Waals surface area contributed by atoms with Crippen molar-refractivity contribution in [2.24, 2.45) is 0 Å². The van der Waals surface area contributed by atoms with Gasteiger partial charge in [0, 0.05) is 5.56 Å². The fourth-order valence-corrected chi connectivity index (χ4v) is 2.44. The highest BCUT2D eigenvalue weighted by atomic mass is 16.4. The van der Waals surface area contributed by atoms with Crippen molar-refractivity contribution < 1.29 is 19.8 Å². The first-order valence-electron chi connectivity index (χ1n) is 7.70. The summed E-state index contributed by atoms with van der Waals surface area (Å²) in [5.74, 6) is -1.31. The Morgan fingerprint density at radius 1 is 1.12 bits per heavy atom. The van der Waals surface area contributed by atoms with Crippen molar-refractivity contribution in [1.29, 1.82) is 0 Å². The third-order valence-corrected chi connectivity index (χ3v) is 4.09. The number of rotatable bonds is 6. The zero-order valence-corrected chi connectivity index (χ0v) is 13.7. The maximum Gasteiger partial charge on any atom is 0.307 e. The Morgan fingerprint density at radius 2 is 1.79 bits per heavy atom. The molecule has 24 heavy (non-hydrogen) atoms. The summed E-state index contributed by atoms with van der Waals surface area (Å²) in [4.78, 5) is 23.2. The number of nitrogens with one attached hydrogen (secondary N) is 1. The molecule has 0 unspecified atom stereocenters. The van der Waals surface area contributed by atoms with E-state index < -0.39 is 17.6 Å². The van der Waals surface area contributed by atoms with Crippen molar-refractivity contribution in [1.82, 2.24) is 5.32 Å². The van der Waals surface area contributed by atoms with Crippen molar-refractivity contribution in [3.05, 3.63) is 71.3 Å². The van der Waals surface area contributed by atoms with Gasteiger partial charge < -0.3 is 15.5 Å². The van der Waals surface area contributed by atoms with Crippen LogP contribution in [0.5, 0.6) is 0 Å². The number of carboxylic acid groups (broad SMARTS) is 1. The molecule has 0 bridgehead atoms. The lowest BCUT2D eigenvalue weighted by Gasteiger charge is -2.31. The maximum absolute atomic E-state index is 12.4. The molecule has 126 valence electrons. The largest absolute Gasteiger partial charge is 0.481 e. The molecule has 5 nitrogen and oxygen atoms in total. The Labute approximate surface area is 141 Å². The van der Waals surface area contributed by atoms with Crippen LogP contribution in [0.15, 0.2) is 54.6 Å². The molecule has 0 aromatic heterocycles. The zero-order valence-electron chi connectivity index (χ0n) is 13.7. The van der Waals surface area contributed by atoms with Crippen LogP contribution >= 0.6 is 0 Å². The molecule has 0 heterocycles. The van der Waals surface area contributed by atoms with E-state index in [1.807, 2.05) is 18.2 Å². The number of amides is 1. The molecule has 0 saturated heterocycles. The van der Waals surface area contributed by atoms with Crippen LogP contribution in [0.25, 0.3) is 0 Å². The summed E-state index contributed by atoms with van der Waals surface area (Å²) in [5, 5.41) is 22.4. The summed E-state index contributed by atoms with van der Waals surface area (Å²) in [5.41, 5.74) is 0.398. The summed E-state index contributed by atoms with van der Waals surface area (Å²) in [6.07, 6.45) is -0.140. The van der Waals surface area contributed by atoms with E-state index in [9.17, 15) is 14.7 Å². The lowest BCUT2D eigenvalue weighted by atomic mass is 9.89. The van der Waals surface area contributed by atoms with Crippen LogP contribution in [0.1, 0.15) is 35.3 Å². The second-order valence-corrected chi connectivity index (χ2v) is 5.98. The fourth-order valence-electron chi connectivity index (χ4n) is 2.44. The average Bonchev–Trinajstić information content (AvgIpc) is 2.55. The Hall–Kier alpha value is -2.66. The standard InChI is InChI=1S/C19H21NO4/c1-13(19(2,24)16-9-4-3-5-10-16)20-18(23)15-8-6-7-14(11-15)12-17(21)22/h3-11,13,24H,12H2,1-2H3,(H,20,23)(H,21,22)/t13-,19-/m1/s1. The molecular formula is C19H21NO4. The van der Waals surface area contributed by atoms with Gasteiger partial charge in [-0.25, -0.2) is 0 Å². The van der Waals surface area contributed by atoms with Crippen molar-refractivity contribution in [3.8, 4) is 0 Å². The molecule has 3 N–H and O–H groups in total. The number of carbonyl (C=O) groups excluding carboxylic acids is 1. The van der Waals surface area contributed by atoms with E-state index in [4.69, 9.17) is 5.11 Å². The van der Waals surface area contributed by atoms with E-state index in [0.717, 1.165) is 0 Å². The van der Waals surface area contributed by atoms with Crippen molar-refractivity contribution in [2.45, 2.75) is 31.9 Å². The molecule has 1 amide bonds. The minimum Gasteiger partial charge on any atom is -0.481 e. The number of carboxylic acids is 1. The molecule has 2 rings (SSSR count). The summed E-state index contributed by atoms with van der Waals surface area (Å²) >= 11 is 0. The second kappa shape index (κ2) is 7.27. The van der Waals surface area contributed by atoms with Gasteiger partial charge >= 0.3 is 5.97 Å². The third-order valence-electron chi connectivity index (χ3n) is 4.09. The van der Waals surface area contributed by atoms with Gasteiger partial charge in [0.1, 0.15) is 5.60 Å². The normalized spacial score (nSPS) is 14.5. The molecule has 2 atom stereocenters. The predicted octanol–water partition coefficient (Wildman–Crippen LogP) is 2.34. The maximum atomic E-state index is 12.4. The SMILES string of the molecule is C[C@@H](NC(=O)c1cccc(CC(=O)O)c1)[C@@](C)(O)c1ccccc1. The molecule has 5 heteroatoms. The third kappa shape index (κ3) is 4.20. The minimum absolute atomic E-state index is 0.140. The smallest absolute Gasteiger partial charge is 0.307 e. The Morgan fingerprint density at radius 3 is 2.42 bits per heavy atom. The summed E-state index contributed by atoms with van der Waals surface area (Å²) < 4.78 is 0. The van der Waals surface area contributed by atoms with Gasteiger partial charge in [-0.3, -0.25) is 9.59 Å². The topological polar surface area (TPSA) is 86.6 Å². The highest BCUT2D eigenvalue weighted by molar-refractivity contribution is 5.94. The van der Waals surface area contributed by atoms with Gasteiger partial charge in [-0.05, 0) is 37.1 Å². The number of hydrogen-bond donors (Lipinski definition) is 3. The van der Waals surface area contributed by atoms with Crippen LogP contribution in [-0.2, 0) is 16.8 Å². The van der Waals surface area contributed by atoms with E-state index in [1.165, 1.54) is 0 Å². The van der Waals surface area contributed by atoms with Crippen LogP contribution in [0.3, 0.4) is 0 Å². The summed E-state index contributed by atoms with van der Waals surface area (Å²) in [6, 6.07) is 15.1. The Kier molecular flexibility index (Phi) is 5.36. The van der Waals surface area contributed by atoms with E-state index >= 15 is 0 Å². The van der Waals surface area contributed by atoms with E-state index in [1.54, 1.807) is 50.2 Å². The molecule has 0 saturated carbocycles. The van der Waals surface area contributed by atoms with Crippen LogP contribution in [0.2, 0.25) is 0 Å². The van der Waals surface area contributed by atoms with Gasteiger partial charge in [0.05, 0.1) is 12.5 Å². The van der Waals surface area contributed by atoms with Crippen LogP contribution in [-0.4, -0.2) is 28.1 Å². The molecule has 0 radical (unpaired) electrons. The molecule has 0 aliphatic rings. The number of aliphatic hydroxyl groups is 1. The first kappa shape index (κ1) is 17.7. The van der Waals surface area contributed by atoms with Gasteiger partial charge in [-0.1, -0.05) is 42.5 Å². The van der Waals surface area contributed by atoms with Gasteiger partial charge in [0.25, 0.3) is 5.91 Å². The number of aliphatic carboxylic acids is 1. The average molecular weight is 327 g/mol. The van der Waals surface area contributed by atoms with E-state index in [2.05, 4.69) is 5.32 Å². The highest BCUT2D eigenvalue weighted by Crippen LogP contribution is 2.24. The van der Waals surface area contributed by atoms with Gasteiger partial charge in [0.15, 0.2) is 0 Å². The van der Waals surface area contributed by atoms with Gasteiger partial charge in [-0.2, -0.15) is 0 Å². The molecular weight excluding hydrogens is 306 g/mol. The van der Waals surface area contributed by atoms with Crippen molar-refractivity contribution in [2.75, 3.05) is 0 Å². The number of benzene rings is 2.